The second-order valence-electron chi connectivity index (χ2n) is 8.63. The summed E-state index contributed by atoms with van der Waals surface area (Å²) in [5.41, 5.74) is 5.62. The number of hydrogen-bond donors (Lipinski definition) is 6. The molecule has 1 aliphatic rings. The third kappa shape index (κ3) is 8.44. The molecule has 0 aliphatic carbocycles. The Balaban J connectivity index is 2.97. The van der Waals surface area contributed by atoms with E-state index in [2.05, 4.69) is 16.0 Å². The first-order valence-electron chi connectivity index (χ1n) is 11.2. The normalized spacial score (nSPS) is 19.1. The van der Waals surface area contributed by atoms with Crippen LogP contribution in [0.15, 0.2) is 0 Å². The predicted molar refractivity (Wildman–Crippen MR) is 127 cm³/mol. The van der Waals surface area contributed by atoms with E-state index in [1.54, 1.807) is 13.8 Å². The molecule has 1 fully saturated rings. The lowest BCUT2D eigenvalue weighted by atomic mass is 10.0. The topological polar surface area (TPSA) is 191 Å². The lowest BCUT2D eigenvalue weighted by Gasteiger charge is -2.31. The summed E-state index contributed by atoms with van der Waals surface area (Å²) in [6.45, 7) is 4.40. The Morgan fingerprint density at radius 1 is 1.06 bits per heavy atom. The molecule has 1 rings (SSSR count). The number of thioether (sulfide) groups is 1. The van der Waals surface area contributed by atoms with Gasteiger partial charge in [-0.2, -0.15) is 11.8 Å². The number of nitrogens with zero attached hydrogens (tertiary/aromatic N) is 1. The molecule has 12 nitrogen and oxygen atoms in total. The SMILES string of the molecule is CSCC[C@H](NC(=O)[C@H](C)N)C(=O)N1CCC[C@H]1C(=O)N[C@H](C(=O)N[C@@H](CO)C(=O)O)C(C)C. The zero-order valence-corrected chi connectivity index (χ0v) is 20.9. The molecule has 13 heteroatoms. The molecule has 1 heterocycles. The smallest absolute Gasteiger partial charge is 0.328 e. The van der Waals surface area contributed by atoms with Gasteiger partial charge in [0.15, 0.2) is 0 Å². The van der Waals surface area contributed by atoms with Gasteiger partial charge in [0.2, 0.25) is 23.6 Å². The summed E-state index contributed by atoms with van der Waals surface area (Å²) in [6.07, 6.45) is 3.21. The van der Waals surface area contributed by atoms with E-state index < -0.39 is 66.4 Å². The van der Waals surface area contributed by atoms with Crippen molar-refractivity contribution in [2.24, 2.45) is 11.7 Å². The average Bonchev–Trinajstić information content (AvgIpc) is 3.27. The molecule has 0 unspecified atom stereocenters. The summed E-state index contributed by atoms with van der Waals surface area (Å²) in [5.74, 6) is -3.32. The number of likely N-dealkylation sites (tertiary alicyclic amines) is 1. The molecule has 0 aromatic rings. The van der Waals surface area contributed by atoms with Crippen LogP contribution in [0, 0.1) is 5.92 Å². The molecular formula is C21H37N5O7S. The first kappa shape index (κ1) is 29.7. The van der Waals surface area contributed by atoms with Gasteiger partial charge in [0, 0.05) is 6.54 Å². The number of hydrogen-bond acceptors (Lipinski definition) is 8. The number of amides is 4. The molecule has 1 aliphatic heterocycles. The fourth-order valence-electron chi connectivity index (χ4n) is 3.53. The van der Waals surface area contributed by atoms with Gasteiger partial charge < -0.3 is 36.8 Å². The molecule has 7 N–H and O–H groups in total. The molecule has 0 spiro atoms. The van der Waals surface area contributed by atoms with E-state index in [1.807, 2.05) is 6.26 Å². The first-order chi connectivity index (χ1) is 15.9. The molecule has 0 bridgehead atoms. The number of carbonyl (C=O) groups excluding carboxylic acids is 4. The van der Waals surface area contributed by atoms with Gasteiger partial charge in [-0.05, 0) is 44.1 Å². The molecule has 1 saturated heterocycles. The zero-order valence-electron chi connectivity index (χ0n) is 20.1. The molecule has 0 aromatic carbocycles. The summed E-state index contributed by atoms with van der Waals surface area (Å²) < 4.78 is 0. The summed E-state index contributed by atoms with van der Waals surface area (Å²) >= 11 is 1.52. The second kappa shape index (κ2) is 14.1. The van der Waals surface area contributed by atoms with Crippen LogP contribution in [0.2, 0.25) is 0 Å². The van der Waals surface area contributed by atoms with Gasteiger partial charge in [-0.15, -0.1) is 0 Å². The molecule has 4 amide bonds. The molecule has 0 radical (unpaired) electrons. The highest BCUT2D eigenvalue weighted by Crippen LogP contribution is 2.20. The summed E-state index contributed by atoms with van der Waals surface area (Å²) in [6, 6.07) is -5.02. The molecule has 0 aromatic heterocycles. The minimum Gasteiger partial charge on any atom is -0.480 e. The van der Waals surface area contributed by atoms with Crippen molar-refractivity contribution in [2.45, 2.75) is 70.2 Å². The number of rotatable bonds is 13. The predicted octanol–water partition coefficient (Wildman–Crippen LogP) is -1.73. The Morgan fingerprint density at radius 3 is 2.18 bits per heavy atom. The van der Waals surface area contributed by atoms with Crippen LogP contribution in [0.25, 0.3) is 0 Å². The minimum atomic E-state index is -1.50. The number of aliphatic hydroxyl groups excluding tert-OH is 1. The van der Waals surface area contributed by atoms with Crippen molar-refractivity contribution in [1.82, 2.24) is 20.9 Å². The fourth-order valence-corrected chi connectivity index (χ4v) is 4.00. The van der Waals surface area contributed by atoms with E-state index in [4.69, 9.17) is 15.9 Å². The number of nitrogens with two attached hydrogens (primary N) is 1. The van der Waals surface area contributed by atoms with Gasteiger partial charge in [0.05, 0.1) is 12.6 Å². The third-order valence-electron chi connectivity index (χ3n) is 5.52. The fraction of sp³-hybridized carbons (Fsp3) is 0.762. The van der Waals surface area contributed by atoms with Crippen LogP contribution in [0.3, 0.4) is 0 Å². The van der Waals surface area contributed by atoms with Gasteiger partial charge in [-0.25, -0.2) is 4.79 Å². The Bertz CT molecular complexity index is 749. The van der Waals surface area contributed by atoms with Crippen molar-refractivity contribution in [1.29, 1.82) is 0 Å². The lowest BCUT2D eigenvalue weighted by Crippen LogP contribution is -2.59. The van der Waals surface area contributed by atoms with Gasteiger partial charge in [0.1, 0.15) is 24.2 Å². The maximum Gasteiger partial charge on any atom is 0.328 e. The number of carboxylic acid groups (broad SMARTS) is 1. The summed E-state index contributed by atoms with van der Waals surface area (Å²) in [5, 5.41) is 25.7. The van der Waals surface area contributed by atoms with Gasteiger partial charge in [0.25, 0.3) is 0 Å². The van der Waals surface area contributed by atoms with E-state index in [1.165, 1.54) is 23.6 Å². The highest BCUT2D eigenvalue weighted by molar-refractivity contribution is 7.98. The van der Waals surface area contributed by atoms with E-state index in [0.29, 0.717) is 31.6 Å². The van der Waals surface area contributed by atoms with Crippen LogP contribution >= 0.6 is 11.8 Å². The monoisotopic (exact) mass is 503 g/mol. The van der Waals surface area contributed by atoms with Crippen molar-refractivity contribution in [3.8, 4) is 0 Å². The highest BCUT2D eigenvalue weighted by atomic mass is 32.2. The summed E-state index contributed by atoms with van der Waals surface area (Å²) in [7, 11) is 0. The van der Waals surface area contributed by atoms with Gasteiger partial charge >= 0.3 is 5.97 Å². The van der Waals surface area contributed by atoms with Crippen LogP contribution < -0.4 is 21.7 Å². The second-order valence-corrected chi connectivity index (χ2v) is 9.62. The van der Waals surface area contributed by atoms with Crippen LogP contribution in [0.5, 0.6) is 0 Å². The minimum absolute atomic E-state index is 0.324. The largest absolute Gasteiger partial charge is 0.480 e. The summed E-state index contributed by atoms with van der Waals surface area (Å²) in [4.78, 5) is 63.6. The van der Waals surface area contributed by atoms with Crippen molar-refractivity contribution in [3.05, 3.63) is 0 Å². The lowest BCUT2D eigenvalue weighted by molar-refractivity contribution is -0.144. The van der Waals surface area contributed by atoms with Crippen LogP contribution in [0.4, 0.5) is 0 Å². The Morgan fingerprint density at radius 2 is 1.68 bits per heavy atom. The Hall–Kier alpha value is -2.38. The standard InChI is InChI=1S/C21H37N5O7S/c1-11(2)16(19(30)24-14(10-27)21(32)33)25-18(29)15-6-5-8-26(15)20(31)13(7-9-34-4)23-17(28)12(3)22/h11-16,27H,5-10,22H2,1-4H3,(H,23,28)(H,24,30)(H,25,29)(H,32,33)/t12-,13-,14-,15-,16-/m0/s1. The molecule has 0 saturated carbocycles. The maximum absolute atomic E-state index is 13.2. The number of nitrogens with one attached hydrogen (secondary N) is 3. The van der Waals surface area contributed by atoms with Crippen molar-refractivity contribution < 1.29 is 34.2 Å². The molecular weight excluding hydrogens is 466 g/mol. The van der Waals surface area contributed by atoms with Crippen LogP contribution in [0.1, 0.15) is 40.0 Å². The highest BCUT2D eigenvalue weighted by Gasteiger charge is 2.39. The maximum atomic E-state index is 13.2. The van der Waals surface area contributed by atoms with E-state index in [-0.39, 0.29) is 5.92 Å². The van der Waals surface area contributed by atoms with E-state index in [0.717, 1.165) is 0 Å². The van der Waals surface area contributed by atoms with Gasteiger partial charge in [-0.3, -0.25) is 19.2 Å². The Kier molecular flexibility index (Phi) is 12.3. The molecule has 34 heavy (non-hydrogen) atoms. The number of aliphatic carboxylic acids is 1. The van der Waals surface area contributed by atoms with Crippen LogP contribution in [-0.4, -0.2) is 100 Å². The van der Waals surface area contributed by atoms with Crippen molar-refractivity contribution >= 4 is 41.4 Å². The average molecular weight is 504 g/mol. The van der Waals surface area contributed by atoms with E-state index >= 15 is 0 Å². The van der Waals surface area contributed by atoms with Crippen molar-refractivity contribution in [3.63, 3.8) is 0 Å². The van der Waals surface area contributed by atoms with Gasteiger partial charge in [-0.1, -0.05) is 13.8 Å². The third-order valence-corrected chi connectivity index (χ3v) is 6.17. The molecule has 194 valence electrons. The Labute approximate surface area is 203 Å². The zero-order chi connectivity index (χ0) is 26.0. The number of carbonyl (C=O) groups is 5. The molecule has 5 atom stereocenters. The number of aliphatic hydroxyl groups is 1. The van der Waals surface area contributed by atoms with Crippen molar-refractivity contribution in [2.75, 3.05) is 25.2 Å². The van der Waals surface area contributed by atoms with E-state index in [9.17, 15) is 24.0 Å². The number of carboxylic acids is 1. The first-order valence-corrected chi connectivity index (χ1v) is 12.6. The van der Waals surface area contributed by atoms with Crippen LogP contribution in [-0.2, 0) is 24.0 Å². The quantitative estimate of drug-likeness (QED) is 0.169.